The van der Waals surface area contributed by atoms with Crippen LogP contribution in [0.2, 0.25) is 0 Å². The van der Waals surface area contributed by atoms with E-state index in [9.17, 15) is 12.6 Å². The highest BCUT2D eigenvalue weighted by Gasteiger charge is 2.20. The molecule has 2 atom stereocenters. The molecule has 1 aromatic carbocycles. The molecule has 0 amide bonds. The molecule has 1 N–H and O–H groups in total. The van der Waals surface area contributed by atoms with Gasteiger partial charge in [-0.15, -0.1) is 0 Å². The molecule has 0 bridgehead atoms. The lowest BCUT2D eigenvalue weighted by molar-refractivity contribution is 0.184. The van der Waals surface area contributed by atoms with Gasteiger partial charge in [0.25, 0.3) is 10.2 Å². The largest absolute Gasteiger partial charge is 0.383 e. The van der Waals surface area contributed by atoms with Gasteiger partial charge in [-0.2, -0.15) is 17.4 Å². The number of ether oxygens (including phenoxy) is 1. The molecule has 120 valence electrons. The Morgan fingerprint density at radius 2 is 1.90 bits per heavy atom. The molecule has 2 unspecified atom stereocenters. The van der Waals surface area contributed by atoms with Crippen LogP contribution in [0.3, 0.4) is 0 Å². The molecule has 1 aromatic rings. The van der Waals surface area contributed by atoms with Gasteiger partial charge in [-0.1, -0.05) is 12.1 Å². The van der Waals surface area contributed by atoms with E-state index in [0.717, 1.165) is 5.56 Å². The summed E-state index contributed by atoms with van der Waals surface area (Å²) in [5.41, 5.74) is 0.813. The van der Waals surface area contributed by atoms with E-state index in [1.165, 1.54) is 18.5 Å². The zero-order valence-electron chi connectivity index (χ0n) is 12.7. The molecular formula is C13H22N2O4S2. The third-order valence-corrected chi connectivity index (χ3v) is 5.65. The predicted octanol–water partition coefficient (Wildman–Crippen LogP) is 0.898. The van der Waals surface area contributed by atoms with Crippen molar-refractivity contribution in [1.82, 2.24) is 9.03 Å². The molecule has 8 heteroatoms. The Morgan fingerprint density at radius 3 is 2.38 bits per heavy atom. The highest BCUT2D eigenvalue weighted by atomic mass is 32.2. The van der Waals surface area contributed by atoms with Crippen molar-refractivity contribution in [2.75, 3.05) is 33.6 Å². The molecule has 0 spiro atoms. The second-order valence-electron chi connectivity index (χ2n) is 4.68. The minimum atomic E-state index is -3.56. The van der Waals surface area contributed by atoms with E-state index in [2.05, 4.69) is 4.72 Å². The van der Waals surface area contributed by atoms with Gasteiger partial charge in [0.2, 0.25) is 0 Å². The predicted molar refractivity (Wildman–Crippen MR) is 83.8 cm³/mol. The van der Waals surface area contributed by atoms with Crippen molar-refractivity contribution in [3.63, 3.8) is 0 Å². The minimum absolute atomic E-state index is 0.284. The lowest BCUT2D eigenvalue weighted by atomic mass is 10.1. The fourth-order valence-corrected chi connectivity index (χ4v) is 3.27. The maximum atomic E-state index is 12.1. The second-order valence-corrected chi connectivity index (χ2v) is 7.87. The van der Waals surface area contributed by atoms with Gasteiger partial charge in [-0.25, -0.2) is 0 Å². The Bertz CT molecular complexity index is 572. The van der Waals surface area contributed by atoms with Crippen LogP contribution in [0.4, 0.5) is 0 Å². The van der Waals surface area contributed by atoms with E-state index in [4.69, 9.17) is 4.74 Å². The highest BCUT2D eigenvalue weighted by molar-refractivity contribution is 7.87. The van der Waals surface area contributed by atoms with E-state index in [1.807, 2.05) is 0 Å². The van der Waals surface area contributed by atoms with Crippen molar-refractivity contribution in [3.8, 4) is 0 Å². The van der Waals surface area contributed by atoms with Gasteiger partial charge < -0.3 is 4.74 Å². The van der Waals surface area contributed by atoms with Crippen LogP contribution in [0.15, 0.2) is 29.2 Å². The lowest BCUT2D eigenvalue weighted by Crippen LogP contribution is -2.40. The van der Waals surface area contributed by atoms with Crippen LogP contribution in [0.1, 0.15) is 18.5 Å². The van der Waals surface area contributed by atoms with Crippen LogP contribution >= 0.6 is 0 Å². The number of hydrogen-bond acceptors (Lipinski definition) is 4. The smallest absolute Gasteiger partial charge is 0.279 e. The summed E-state index contributed by atoms with van der Waals surface area (Å²) in [4.78, 5) is 0.714. The van der Waals surface area contributed by atoms with Gasteiger partial charge in [0.1, 0.15) is 0 Å². The molecule has 0 heterocycles. The van der Waals surface area contributed by atoms with Crippen LogP contribution < -0.4 is 4.72 Å². The van der Waals surface area contributed by atoms with E-state index >= 15 is 0 Å². The molecule has 0 aliphatic rings. The fourth-order valence-electron chi connectivity index (χ4n) is 1.67. The Labute approximate surface area is 129 Å². The van der Waals surface area contributed by atoms with Crippen LogP contribution in [0, 0.1) is 0 Å². The summed E-state index contributed by atoms with van der Waals surface area (Å²) < 4.78 is 44.2. The maximum absolute atomic E-state index is 12.1. The summed E-state index contributed by atoms with van der Waals surface area (Å²) in [6.07, 6.45) is 1.60. The maximum Gasteiger partial charge on any atom is 0.279 e. The summed E-state index contributed by atoms with van der Waals surface area (Å²) in [6.45, 7) is 2.38. The number of nitrogens with zero attached hydrogens (tertiary/aromatic N) is 1. The van der Waals surface area contributed by atoms with Crippen molar-refractivity contribution in [2.24, 2.45) is 0 Å². The normalized spacial score (nSPS) is 15.1. The Balaban J connectivity index is 2.75. The van der Waals surface area contributed by atoms with Gasteiger partial charge in [-0.3, -0.25) is 4.21 Å². The summed E-state index contributed by atoms with van der Waals surface area (Å²) in [5, 5.41) is 0. The average Bonchev–Trinajstić information content (AvgIpc) is 2.44. The molecule has 21 heavy (non-hydrogen) atoms. The van der Waals surface area contributed by atoms with Gasteiger partial charge >= 0.3 is 0 Å². The van der Waals surface area contributed by atoms with Crippen LogP contribution in [0.5, 0.6) is 0 Å². The number of hydrogen-bond donors (Lipinski definition) is 1. The van der Waals surface area contributed by atoms with Gasteiger partial charge in [0, 0.05) is 48.7 Å². The minimum Gasteiger partial charge on any atom is -0.383 e. The Kier molecular flexibility index (Phi) is 6.95. The number of benzene rings is 1. The Hall–Kier alpha value is -0.800. The quantitative estimate of drug-likeness (QED) is 0.766. The first kappa shape index (κ1) is 18.2. The third kappa shape index (κ3) is 5.48. The first-order valence-electron chi connectivity index (χ1n) is 6.44. The zero-order chi connectivity index (χ0) is 16.0. The molecule has 0 radical (unpaired) electrons. The first-order chi connectivity index (χ1) is 9.77. The van der Waals surface area contributed by atoms with Gasteiger partial charge in [-0.05, 0) is 24.6 Å². The van der Waals surface area contributed by atoms with Crippen molar-refractivity contribution < 1.29 is 17.4 Å². The van der Waals surface area contributed by atoms with Crippen molar-refractivity contribution in [1.29, 1.82) is 0 Å². The van der Waals surface area contributed by atoms with Gasteiger partial charge in [0.05, 0.1) is 6.61 Å². The molecular weight excluding hydrogens is 312 g/mol. The first-order valence-corrected chi connectivity index (χ1v) is 9.43. The topological polar surface area (TPSA) is 75.7 Å². The lowest BCUT2D eigenvalue weighted by Gasteiger charge is -2.21. The zero-order valence-corrected chi connectivity index (χ0v) is 14.3. The molecule has 0 aliphatic carbocycles. The van der Waals surface area contributed by atoms with Crippen LogP contribution in [0.25, 0.3) is 0 Å². The van der Waals surface area contributed by atoms with E-state index in [1.54, 1.807) is 37.4 Å². The van der Waals surface area contributed by atoms with E-state index < -0.39 is 21.0 Å². The number of methoxy groups -OCH3 is 1. The van der Waals surface area contributed by atoms with E-state index in [0.29, 0.717) is 11.5 Å². The van der Waals surface area contributed by atoms with Crippen LogP contribution in [-0.2, 0) is 25.7 Å². The number of likely N-dealkylation sites (N-methyl/N-ethyl adjacent to an activating group) is 1. The monoisotopic (exact) mass is 334 g/mol. The highest BCUT2D eigenvalue weighted by Crippen LogP contribution is 2.16. The number of rotatable bonds is 8. The third-order valence-electron chi connectivity index (χ3n) is 3.06. The fraction of sp³-hybridized carbons (Fsp3) is 0.538. The van der Waals surface area contributed by atoms with Crippen molar-refractivity contribution in [3.05, 3.63) is 29.8 Å². The molecule has 6 nitrogen and oxygen atoms in total. The summed E-state index contributed by atoms with van der Waals surface area (Å²) in [7, 11) is -1.58. The molecule has 0 aliphatic heterocycles. The molecule has 0 aromatic heterocycles. The number of nitrogens with one attached hydrogen (secondary N) is 1. The molecule has 1 rings (SSSR count). The van der Waals surface area contributed by atoms with Crippen molar-refractivity contribution >= 4 is 21.0 Å². The summed E-state index contributed by atoms with van der Waals surface area (Å²) >= 11 is 0. The molecule has 0 fully saturated rings. The molecule has 0 saturated carbocycles. The molecule has 0 saturated heterocycles. The second kappa shape index (κ2) is 8.00. The summed E-state index contributed by atoms with van der Waals surface area (Å²) in [5.74, 6) is 0. The van der Waals surface area contributed by atoms with E-state index in [-0.39, 0.29) is 12.6 Å². The Morgan fingerprint density at radius 1 is 1.33 bits per heavy atom. The average molecular weight is 334 g/mol. The van der Waals surface area contributed by atoms with Crippen molar-refractivity contribution in [2.45, 2.75) is 17.9 Å². The van der Waals surface area contributed by atoms with Crippen LogP contribution in [-0.4, -0.2) is 50.5 Å². The standard InChI is InChI=1S/C13H22N2O4S2/c1-11(12-5-7-13(8-6-12)20(4)16)14-21(17,18)15(2)9-10-19-3/h5-8,11,14H,9-10H2,1-4H3. The summed E-state index contributed by atoms with van der Waals surface area (Å²) in [6, 6.07) is 6.66. The SMILES string of the molecule is COCCN(C)S(=O)(=O)NC(C)c1ccc(S(C)=O)cc1. The van der Waals surface area contributed by atoms with Gasteiger partial charge in [0.15, 0.2) is 0 Å².